The summed E-state index contributed by atoms with van der Waals surface area (Å²) in [5.74, 6) is 0.0184. The zero-order valence-electron chi connectivity index (χ0n) is 12.5. The quantitative estimate of drug-likeness (QED) is 0.858. The van der Waals surface area contributed by atoms with Gasteiger partial charge in [0.1, 0.15) is 0 Å². The number of nitrogens with zero attached hydrogens (tertiary/aromatic N) is 2. The number of aryl methyl sites for hydroxylation is 1. The molecule has 0 unspecified atom stereocenters. The lowest BCUT2D eigenvalue weighted by atomic mass is 10.1. The van der Waals surface area contributed by atoms with E-state index in [0.29, 0.717) is 12.1 Å². The standard InChI is InChI=1S/C17H21N3O/c1-3-8-20(12-14-4-6-16(18)7-5-14)17(21)15-9-13(2)10-19-11-15/h4-7,9-11H,3,8,12,18H2,1-2H3. The van der Waals surface area contributed by atoms with Crippen molar-refractivity contribution in [3.05, 3.63) is 59.4 Å². The van der Waals surface area contributed by atoms with Crippen molar-refractivity contribution in [2.45, 2.75) is 26.8 Å². The van der Waals surface area contributed by atoms with Gasteiger partial charge in [-0.05, 0) is 42.7 Å². The summed E-state index contributed by atoms with van der Waals surface area (Å²) < 4.78 is 0. The fraction of sp³-hybridized carbons (Fsp3) is 0.294. The van der Waals surface area contributed by atoms with E-state index in [9.17, 15) is 4.79 Å². The molecule has 2 aromatic rings. The van der Waals surface area contributed by atoms with Gasteiger partial charge in [0.15, 0.2) is 0 Å². The van der Waals surface area contributed by atoms with Crippen LogP contribution in [0, 0.1) is 6.92 Å². The maximum atomic E-state index is 12.6. The number of rotatable bonds is 5. The molecule has 21 heavy (non-hydrogen) atoms. The summed E-state index contributed by atoms with van der Waals surface area (Å²) >= 11 is 0. The molecule has 0 aliphatic heterocycles. The maximum Gasteiger partial charge on any atom is 0.255 e. The molecule has 1 heterocycles. The van der Waals surface area contributed by atoms with E-state index in [1.165, 1.54) is 0 Å². The van der Waals surface area contributed by atoms with Crippen LogP contribution < -0.4 is 5.73 Å². The molecule has 0 fully saturated rings. The van der Waals surface area contributed by atoms with E-state index in [-0.39, 0.29) is 5.91 Å². The first-order valence-electron chi connectivity index (χ1n) is 7.15. The van der Waals surface area contributed by atoms with Crippen molar-refractivity contribution >= 4 is 11.6 Å². The van der Waals surface area contributed by atoms with E-state index < -0.39 is 0 Å². The highest BCUT2D eigenvalue weighted by Gasteiger charge is 2.15. The van der Waals surface area contributed by atoms with Crippen molar-refractivity contribution in [3.8, 4) is 0 Å². The third kappa shape index (κ3) is 4.05. The summed E-state index contributed by atoms with van der Waals surface area (Å²) in [7, 11) is 0. The molecule has 0 aliphatic rings. The van der Waals surface area contributed by atoms with E-state index in [2.05, 4.69) is 11.9 Å². The van der Waals surface area contributed by atoms with Crippen LogP contribution in [0.1, 0.15) is 34.8 Å². The van der Waals surface area contributed by atoms with Crippen LogP contribution in [0.2, 0.25) is 0 Å². The van der Waals surface area contributed by atoms with Gasteiger partial charge in [-0.3, -0.25) is 9.78 Å². The van der Waals surface area contributed by atoms with Crippen molar-refractivity contribution < 1.29 is 4.79 Å². The lowest BCUT2D eigenvalue weighted by Gasteiger charge is -2.22. The summed E-state index contributed by atoms with van der Waals surface area (Å²) in [5, 5.41) is 0. The fourth-order valence-corrected chi connectivity index (χ4v) is 2.22. The highest BCUT2D eigenvalue weighted by atomic mass is 16.2. The predicted molar refractivity (Wildman–Crippen MR) is 84.9 cm³/mol. The Labute approximate surface area is 125 Å². The summed E-state index contributed by atoms with van der Waals surface area (Å²) in [4.78, 5) is 18.6. The molecule has 1 aromatic carbocycles. The first-order chi connectivity index (χ1) is 10.1. The van der Waals surface area contributed by atoms with Crippen LogP contribution in [0.15, 0.2) is 42.7 Å². The van der Waals surface area contributed by atoms with Crippen molar-refractivity contribution in [1.82, 2.24) is 9.88 Å². The number of hydrogen-bond donors (Lipinski definition) is 1. The molecule has 0 atom stereocenters. The van der Waals surface area contributed by atoms with Gasteiger partial charge in [-0.15, -0.1) is 0 Å². The normalized spacial score (nSPS) is 10.4. The molecular weight excluding hydrogens is 262 g/mol. The molecule has 0 saturated heterocycles. The zero-order chi connectivity index (χ0) is 15.2. The van der Waals surface area contributed by atoms with E-state index in [4.69, 9.17) is 5.73 Å². The summed E-state index contributed by atoms with van der Waals surface area (Å²) in [6, 6.07) is 9.51. The van der Waals surface area contributed by atoms with E-state index in [1.54, 1.807) is 12.4 Å². The molecule has 4 heteroatoms. The minimum atomic E-state index is 0.0184. The van der Waals surface area contributed by atoms with Gasteiger partial charge >= 0.3 is 0 Å². The number of pyridine rings is 1. The highest BCUT2D eigenvalue weighted by molar-refractivity contribution is 5.94. The van der Waals surface area contributed by atoms with Gasteiger partial charge in [-0.25, -0.2) is 0 Å². The SMILES string of the molecule is CCCN(Cc1ccc(N)cc1)C(=O)c1cncc(C)c1. The number of anilines is 1. The minimum absolute atomic E-state index is 0.0184. The smallest absolute Gasteiger partial charge is 0.255 e. The number of amides is 1. The second-order valence-corrected chi connectivity index (χ2v) is 5.22. The Kier molecular flexibility index (Phi) is 4.93. The number of aromatic nitrogens is 1. The number of hydrogen-bond acceptors (Lipinski definition) is 3. The lowest BCUT2D eigenvalue weighted by molar-refractivity contribution is 0.0742. The number of carbonyl (C=O) groups excluding carboxylic acids is 1. The number of carbonyl (C=O) groups is 1. The van der Waals surface area contributed by atoms with Crippen LogP contribution in [-0.4, -0.2) is 22.3 Å². The van der Waals surface area contributed by atoms with Crippen molar-refractivity contribution in [2.75, 3.05) is 12.3 Å². The fourth-order valence-electron chi connectivity index (χ4n) is 2.22. The van der Waals surface area contributed by atoms with Gasteiger partial charge in [0.2, 0.25) is 0 Å². The molecule has 1 aromatic heterocycles. The molecule has 4 nitrogen and oxygen atoms in total. The van der Waals surface area contributed by atoms with Crippen LogP contribution in [0.4, 0.5) is 5.69 Å². The summed E-state index contributed by atoms with van der Waals surface area (Å²) in [6.45, 7) is 5.31. The summed E-state index contributed by atoms with van der Waals surface area (Å²) in [6.07, 6.45) is 4.29. The Hall–Kier alpha value is -2.36. The Bertz CT molecular complexity index is 608. The van der Waals surface area contributed by atoms with Gasteiger partial charge in [0.25, 0.3) is 5.91 Å². The number of benzene rings is 1. The molecule has 2 N–H and O–H groups in total. The van der Waals surface area contributed by atoms with Crippen LogP contribution in [0.25, 0.3) is 0 Å². The van der Waals surface area contributed by atoms with Crippen LogP contribution in [0.5, 0.6) is 0 Å². The molecule has 0 spiro atoms. The zero-order valence-corrected chi connectivity index (χ0v) is 12.5. The van der Waals surface area contributed by atoms with Crippen molar-refractivity contribution in [2.24, 2.45) is 0 Å². The maximum absolute atomic E-state index is 12.6. The third-order valence-corrected chi connectivity index (χ3v) is 3.26. The Morgan fingerprint density at radius 3 is 2.57 bits per heavy atom. The van der Waals surface area contributed by atoms with Gasteiger partial charge in [-0.1, -0.05) is 19.1 Å². The van der Waals surface area contributed by atoms with Crippen LogP contribution in [0.3, 0.4) is 0 Å². The monoisotopic (exact) mass is 283 g/mol. The Morgan fingerprint density at radius 2 is 1.95 bits per heavy atom. The number of nitrogen functional groups attached to an aromatic ring is 1. The van der Waals surface area contributed by atoms with Crippen molar-refractivity contribution in [1.29, 1.82) is 0 Å². The topological polar surface area (TPSA) is 59.2 Å². The molecule has 110 valence electrons. The number of nitrogens with two attached hydrogens (primary N) is 1. The molecule has 1 amide bonds. The van der Waals surface area contributed by atoms with Gasteiger partial charge < -0.3 is 10.6 Å². The first kappa shape index (κ1) is 15.0. The van der Waals surface area contributed by atoms with Gasteiger partial charge in [-0.2, -0.15) is 0 Å². The van der Waals surface area contributed by atoms with Crippen LogP contribution >= 0.6 is 0 Å². The summed E-state index contributed by atoms with van der Waals surface area (Å²) in [5.41, 5.74) is 9.13. The second kappa shape index (κ2) is 6.88. The third-order valence-electron chi connectivity index (χ3n) is 3.26. The average Bonchev–Trinajstić information content (AvgIpc) is 2.48. The molecule has 0 saturated carbocycles. The average molecular weight is 283 g/mol. The molecule has 0 radical (unpaired) electrons. The lowest BCUT2D eigenvalue weighted by Crippen LogP contribution is -2.31. The van der Waals surface area contributed by atoms with Gasteiger partial charge in [0.05, 0.1) is 5.56 Å². The van der Waals surface area contributed by atoms with E-state index in [0.717, 1.165) is 29.8 Å². The molecule has 0 bridgehead atoms. The van der Waals surface area contributed by atoms with Crippen molar-refractivity contribution in [3.63, 3.8) is 0 Å². The molecule has 2 rings (SSSR count). The Morgan fingerprint density at radius 1 is 1.24 bits per heavy atom. The first-order valence-corrected chi connectivity index (χ1v) is 7.15. The largest absolute Gasteiger partial charge is 0.399 e. The van der Waals surface area contributed by atoms with E-state index in [1.807, 2.05) is 42.2 Å². The van der Waals surface area contributed by atoms with Crippen LogP contribution in [-0.2, 0) is 6.54 Å². The minimum Gasteiger partial charge on any atom is -0.399 e. The van der Waals surface area contributed by atoms with E-state index >= 15 is 0 Å². The predicted octanol–water partition coefficient (Wildman–Crippen LogP) is 3.02. The molecule has 0 aliphatic carbocycles. The molecular formula is C17H21N3O. The highest BCUT2D eigenvalue weighted by Crippen LogP contribution is 2.13. The second-order valence-electron chi connectivity index (χ2n) is 5.22. The van der Waals surface area contributed by atoms with Gasteiger partial charge in [0, 0.05) is 31.2 Å². The Balaban J connectivity index is 2.18.